The molecule has 1 saturated carbocycles. The first kappa shape index (κ1) is 11.4. The molecule has 0 heterocycles. The predicted molar refractivity (Wildman–Crippen MR) is 57.3 cm³/mol. The molecular weight excluding hydrogens is 210 g/mol. The summed E-state index contributed by atoms with van der Waals surface area (Å²) >= 11 is 0. The van der Waals surface area contributed by atoms with Gasteiger partial charge in [-0.2, -0.15) is 0 Å². The van der Waals surface area contributed by atoms with E-state index in [4.69, 9.17) is 4.74 Å². The summed E-state index contributed by atoms with van der Waals surface area (Å²) in [7, 11) is 0. The van der Waals surface area contributed by atoms with Crippen molar-refractivity contribution >= 4 is 0 Å². The van der Waals surface area contributed by atoms with Gasteiger partial charge >= 0.3 is 0 Å². The molecule has 1 nitrogen and oxygen atoms in total. The molecule has 0 bridgehead atoms. The van der Waals surface area contributed by atoms with Gasteiger partial charge in [-0.3, -0.25) is 0 Å². The second-order valence-electron chi connectivity index (χ2n) is 4.28. The Morgan fingerprint density at radius 1 is 1.25 bits per heavy atom. The van der Waals surface area contributed by atoms with Crippen molar-refractivity contribution in [2.45, 2.75) is 32.1 Å². The minimum Gasteiger partial charge on any atom is -0.487 e. The van der Waals surface area contributed by atoms with Gasteiger partial charge in [0.05, 0.1) is 6.61 Å². The molecule has 0 unspecified atom stereocenters. The third-order valence-corrected chi connectivity index (χ3v) is 3.04. The third-order valence-electron chi connectivity index (χ3n) is 3.04. The van der Waals surface area contributed by atoms with Crippen LogP contribution >= 0.6 is 0 Å². The van der Waals surface area contributed by atoms with E-state index < -0.39 is 11.6 Å². The zero-order valence-electron chi connectivity index (χ0n) is 9.14. The molecule has 0 atom stereocenters. The highest BCUT2D eigenvalue weighted by molar-refractivity contribution is 5.25. The lowest BCUT2D eigenvalue weighted by atomic mass is 9.90. The summed E-state index contributed by atoms with van der Waals surface area (Å²) in [5.41, 5.74) is 0. The van der Waals surface area contributed by atoms with Crippen LogP contribution in [-0.2, 0) is 0 Å². The number of hydrogen-bond donors (Lipinski definition) is 0. The Hall–Kier alpha value is -1.12. The highest BCUT2D eigenvalue weighted by atomic mass is 19.1. The standard InChI is InChI=1S/C13H15F2O/c14-11-7-4-8-12(15)13(11)16-9-10-5-2-1-3-6-10/h4,7,10H,1-3,5-6,9H2. The maximum atomic E-state index is 13.2. The fraction of sp³-hybridized carbons (Fsp3) is 0.538. The van der Waals surface area contributed by atoms with Crippen LogP contribution in [0.15, 0.2) is 12.1 Å². The van der Waals surface area contributed by atoms with Crippen LogP contribution in [0.1, 0.15) is 32.1 Å². The van der Waals surface area contributed by atoms with Crippen LogP contribution in [-0.4, -0.2) is 6.61 Å². The minimum atomic E-state index is -0.740. The molecule has 0 N–H and O–H groups in total. The number of rotatable bonds is 3. The van der Waals surface area contributed by atoms with Crippen molar-refractivity contribution in [1.29, 1.82) is 0 Å². The highest BCUT2D eigenvalue weighted by Gasteiger charge is 2.16. The van der Waals surface area contributed by atoms with E-state index >= 15 is 0 Å². The molecule has 1 aromatic rings. The Morgan fingerprint density at radius 3 is 2.69 bits per heavy atom. The molecule has 16 heavy (non-hydrogen) atoms. The molecule has 1 fully saturated rings. The van der Waals surface area contributed by atoms with Crippen LogP contribution in [0.25, 0.3) is 0 Å². The van der Waals surface area contributed by atoms with E-state index in [2.05, 4.69) is 6.07 Å². The summed E-state index contributed by atoms with van der Waals surface area (Å²) < 4.78 is 31.6. The Morgan fingerprint density at radius 2 is 2.00 bits per heavy atom. The summed E-state index contributed by atoms with van der Waals surface area (Å²) in [4.78, 5) is 0. The van der Waals surface area contributed by atoms with E-state index in [1.807, 2.05) is 0 Å². The van der Waals surface area contributed by atoms with E-state index in [1.165, 1.54) is 31.4 Å². The number of ether oxygens (including phenoxy) is 1. The number of hydrogen-bond acceptors (Lipinski definition) is 1. The van der Waals surface area contributed by atoms with E-state index in [0.29, 0.717) is 12.5 Å². The fourth-order valence-corrected chi connectivity index (χ4v) is 2.12. The van der Waals surface area contributed by atoms with E-state index in [-0.39, 0.29) is 5.75 Å². The average molecular weight is 225 g/mol. The summed E-state index contributed by atoms with van der Waals surface area (Å²) in [5, 5.41) is 0. The second kappa shape index (κ2) is 5.28. The van der Waals surface area contributed by atoms with Crippen molar-refractivity contribution < 1.29 is 13.5 Å². The lowest BCUT2D eigenvalue weighted by molar-refractivity contribution is 0.195. The van der Waals surface area contributed by atoms with Crippen molar-refractivity contribution in [2.24, 2.45) is 5.92 Å². The largest absolute Gasteiger partial charge is 0.487 e. The quantitative estimate of drug-likeness (QED) is 0.761. The molecule has 1 aliphatic rings. The Bertz CT molecular complexity index is 326. The maximum absolute atomic E-state index is 13.2. The lowest BCUT2D eigenvalue weighted by Gasteiger charge is -2.21. The van der Waals surface area contributed by atoms with Gasteiger partial charge in [0.25, 0.3) is 0 Å². The van der Waals surface area contributed by atoms with Gasteiger partial charge in [-0.25, -0.2) is 8.78 Å². The van der Waals surface area contributed by atoms with Crippen molar-refractivity contribution in [3.63, 3.8) is 0 Å². The number of benzene rings is 1. The zero-order valence-corrected chi connectivity index (χ0v) is 9.14. The molecule has 1 aromatic carbocycles. The molecule has 0 aliphatic heterocycles. The summed E-state index contributed by atoms with van der Waals surface area (Å²) in [6, 6.07) is 4.68. The molecule has 0 spiro atoms. The van der Waals surface area contributed by atoms with Crippen LogP contribution in [0, 0.1) is 23.6 Å². The van der Waals surface area contributed by atoms with Gasteiger partial charge < -0.3 is 4.74 Å². The smallest absolute Gasteiger partial charge is 0.191 e. The molecular formula is C13H15F2O. The third kappa shape index (κ3) is 2.71. The van der Waals surface area contributed by atoms with Crippen LogP contribution < -0.4 is 4.74 Å². The number of halogens is 2. The van der Waals surface area contributed by atoms with E-state index in [0.717, 1.165) is 12.8 Å². The molecule has 1 radical (unpaired) electrons. The molecule has 0 saturated heterocycles. The zero-order chi connectivity index (χ0) is 11.4. The normalized spacial score (nSPS) is 17.4. The molecule has 2 rings (SSSR count). The van der Waals surface area contributed by atoms with Gasteiger partial charge in [0.2, 0.25) is 0 Å². The molecule has 0 aromatic heterocycles. The first-order valence-corrected chi connectivity index (χ1v) is 5.76. The highest BCUT2D eigenvalue weighted by Crippen LogP contribution is 2.26. The fourth-order valence-electron chi connectivity index (χ4n) is 2.12. The Labute approximate surface area is 94.4 Å². The molecule has 87 valence electrons. The van der Waals surface area contributed by atoms with Crippen LogP contribution in [0.2, 0.25) is 0 Å². The van der Waals surface area contributed by atoms with Gasteiger partial charge in [0, 0.05) is 6.07 Å². The van der Waals surface area contributed by atoms with E-state index in [1.54, 1.807) is 0 Å². The van der Waals surface area contributed by atoms with Gasteiger partial charge in [-0.15, -0.1) is 0 Å². The Balaban J connectivity index is 1.93. The predicted octanol–water partition coefficient (Wildman–Crippen LogP) is 3.72. The summed E-state index contributed by atoms with van der Waals surface area (Å²) in [5.74, 6) is -1.23. The van der Waals surface area contributed by atoms with Crippen LogP contribution in [0.5, 0.6) is 5.75 Å². The van der Waals surface area contributed by atoms with Crippen LogP contribution in [0.3, 0.4) is 0 Å². The van der Waals surface area contributed by atoms with Crippen molar-refractivity contribution in [2.75, 3.05) is 6.61 Å². The first-order valence-electron chi connectivity index (χ1n) is 5.76. The second-order valence-corrected chi connectivity index (χ2v) is 4.28. The van der Waals surface area contributed by atoms with E-state index in [9.17, 15) is 8.78 Å². The van der Waals surface area contributed by atoms with Crippen molar-refractivity contribution in [1.82, 2.24) is 0 Å². The lowest BCUT2D eigenvalue weighted by Crippen LogP contribution is -2.16. The van der Waals surface area contributed by atoms with Crippen molar-refractivity contribution in [3.05, 3.63) is 29.8 Å². The maximum Gasteiger partial charge on any atom is 0.191 e. The first-order chi connectivity index (χ1) is 7.77. The monoisotopic (exact) mass is 225 g/mol. The topological polar surface area (TPSA) is 9.23 Å². The SMILES string of the molecule is Fc1[c]ccc(F)c1OCC1CCCCC1. The Kier molecular flexibility index (Phi) is 3.75. The molecule has 3 heteroatoms. The summed E-state index contributed by atoms with van der Waals surface area (Å²) in [6.07, 6.45) is 5.84. The summed E-state index contributed by atoms with van der Waals surface area (Å²) in [6.45, 7) is 0.408. The van der Waals surface area contributed by atoms with Gasteiger partial charge in [-0.05, 0) is 30.9 Å². The minimum absolute atomic E-state index is 0.284. The molecule has 0 amide bonds. The average Bonchev–Trinajstić information content (AvgIpc) is 2.30. The van der Waals surface area contributed by atoms with Gasteiger partial charge in [-0.1, -0.05) is 19.3 Å². The van der Waals surface area contributed by atoms with Crippen molar-refractivity contribution in [3.8, 4) is 5.75 Å². The van der Waals surface area contributed by atoms with Crippen LogP contribution in [0.4, 0.5) is 8.78 Å². The van der Waals surface area contributed by atoms with Gasteiger partial charge in [0.15, 0.2) is 17.4 Å². The molecule has 1 aliphatic carbocycles. The van der Waals surface area contributed by atoms with Gasteiger partial charge in [0.1, 0.15) is 0 Å².